The third kappa shape index (κ3) is 5.43. The number of benzene rings is 2. The van der Waals surface area contributed by atoms with Crippen molar-refractivity contribution in [2.45, 2.75) is 6.92 Å². The largest absolute Gasteiger partial charge is 0.371 e. The Bertz CT molecular complexity index is 973. The molecule has 0 saturated carbocycles. The molecule has 2 aromatic carbocycles. The summed E-state index contributed by atoms with van der Waals surface area (Å²) in [6.07, 6.45) is 0. The van der Waals surface area contributed by atoms with E-state index in [1.165, 1.54) is 11.3 Å². The van der Waals surface area contributed by atoms with Crippen molar-refractivity contribution >= 4 is 39.5 Å². The van der Waals surface area contributed by atoms with Crippen LogP contribution in [0.5, 0.6) is 0 Å². The second-order valence-corrected chi connectivity index (χ2v) is 7.39. The minimum absolute atomic E-state index is 0.192. The van der Waals surface area contributed by atoms with Crippen molar-refractivity contribution in [3.8, 4) is 0 Å². The van der Waals surface area contributed by atoms with Gasteiger partial charge in [-0.3, -0.25) is 9.59 Å². The SMILES string of the molecule is CCN(CCNC)c1ccc(NC(=O)c2ncsc2NC(=O)c2ccccc2)cc1. The molecule has 3 rings (SSSR count). The van der Waals surface area contributed by atoms with Gasteiger partial charge in [0.15, 0.2) is 5.69 Å². The summed E-state index contributed by atoms with van der Waals surface area (Å²) in [6.45, 7) is 4.81. The summed E-state index contributed by atoms with van der Waals surface area (Å²) >= 11 is 1.21. The molecular weight excluding hydrogens is 398 g/mol. The first kappa shape index (κ1) is 21.5. The van der Waals surface area contributed by atoms with Crippen LogP contribution < -0.4 is 20.9 Å². The van der Waals surface area contributed by atoms with E-state index in [1.54, 1.807) is 29.8 Å². The van der Waals surface area contributed by atoms with E-state index in [9.17, 15) is 9.59 Å². The Labute approximate surface area is 180 Å². The van der Waals surface area contributed by atoms with Gasteiger partial charge >= 0.3 is 0 Å². The van der Waals surface area contributed by atoms with Crippen molar-refractivity contribution < 1.29 is 9.59 Å². The van der Waals surface area contributed by atoms with Gasteiger partial charge in [0.2, 0.25) is 0 Å². The Balaban J connectivity index is 1.65. The van der Waals surface area contributed by atoms with Crippen molar-refractivity contribution in [2.24, 2.45) is 0 Å². The van der Waals surface area contributed by atoms with E-state index in [0.29, 0.717) is 16.3 Å². The van der Waals surface area contributed by atoms with Crippen molar-refractivity contribution in [3.63, 3.8) is 0 Å². The average molecular weight is 424 g/mol. The lowest BCUT2D eigenvalue weighted by atomic mass is 10.2. The predicted molar refractivity (Wildman–Crippen MR) is 123 cm³/mol. The van der Waals surface area contributed by atoms with Gasteiger partial charge in [-0.05, 0) is 50.4 Å². The van der Waals surface area contributed by atoms with Gasteiger partial charge in [-0.2, -0.15) is 0 Å². The Morgan fingerprint density at radius 3 is 2.40 bits per heavy atom. The summed E-state index contributed by atoms with van der Waals surface area (Å²) in [7, 11) is 1.93. The maximum absolute atomic E-state index is 12.7. The second-order valence-electron chi connectivity index (χ2n) is 6.53. The molecule has 7 nitrogen and oxygen atoms in total. The highest BCUT2D eigenvalue weighted by Gasteiger charge is 2.18. The molecule has 0 radical (unpaired) electrons. The summed E-state index contributed by atoms with van der Waals surface area (Å²) in [5.74, 6) is -0.644. The van der Waals surface area contributed by atoms with E-state index in [1.807, 2.05) is 37.4 Å². The molecule has 0 unspecified atom stereocenters. The third-order valence-corrected chi connectivity index (χ3v) is 5.29. The van der Waals surface area contributed by atoms with Gasteiger partial charge in [0.25, 0.3) is 11.8 Å². The van der Waals surface area contributed by atoms with Crippen LogP contribution in [0.3, 0.4) is 0 Å². The number of anilines is 3. The van der Waals surface area contributed by atoms with Crippen LogP contribution >= 0.6 is 11.3 Å². The number of hydrogen-bond acceptors (Lipinski definition) is 6. The molecule has 0 saturated heterocycles. The van der Waals surface area contributed by atoms with E-state index in [2.05, 4.69) is 32.8 Å². The molecule has 8 heteroatoms. The molecule has 0 atom stereocenters. The smallest absolute Gasteiger partial charge is 0.277 e. The Hall–Kier alpha value is -3.23. The van der Waals surface area contributed by atoms with Crippen LogP contribution in [-0.4, -0.2) is 43.5 Å². The van der Waals surface area contributed by atoms with Crippen LogP contribution in [0.25, 0.3) is 0 Å². The van der Waals surface area contributed by atoms with Crippen molar-refractivity contribution in [1.82, 2.24) is 10.3 Å². The number of amides is 2. The first-order valence-electron chi connectivity index (χ1n) is 9.73. The van der Waals surface area contributed by atoms with Crippen molar-refractivity contribution in [1.29, 1.82) is 0 Å². The van der Waals surface area contributed by atoms with Crippen LogP contribution in [0.1, 0.15) is 27.8 Å². The number of nitrogens with zero attached hydrogens (tertiary/aromatic N) is 2. The van der Waals surface area contributed by atoms with Crippen LogP contribution in [-0.2, 0) is 0 Å². The fourth-order valence-electron chi connectivity index (χ4n) is 2.92. The van der Waals surface area contributed by atoms with E-state index < -0.39 is 0 Å². The molecule has 1 heterocycles. The molecular formula is C22H25N5O2S. The van der Waals surface area contributed by atoms with Gasteiger partial charge in [0.1, 0.15) is 5.00 Å². The van der Waals surface area contributed by atoms with Gasteiger partial charge in [-0.1, -0.05) is 18.2 Å². The highest BCUT2D eigenvalue weighted by Crippen LogP contribution is 2.23. The molecule has 1 aromatic heterocycles. The highest BCUT2D eigenvalue weighted by atomic mass is 32.1. The van der Waals surface area contributed by atoms with E-state index in [-0.39, 0.29) is 17.5 Å². The average Bonchev–Trinajstić information content (AvgIpc) is 3.24. The maximum Gasteiger partial charge on any atom is 0.277 e. The Morgan fingerprint density at radius 1 is 1.00 bits per heavy atom. The molecule has 2 amide bonds. The molecule has 0 aliphatic heterocycles. The van der Waals surface area contributed by atoms with E-state index >= 15 is 0 Å². The van der Waals surface area contributed by atoms with Gasteiger partial charge in [-0.15, -0.1) is 11.3 Å². The molecule has 3 N–H and O–H groups in total. The van der Waals surface area contributed by atoms with Crippen LogP contribution in [0.4, 0.5) is 16.4 Å². The summed E-state index contributed by atoms with van der Waals surface area (Å²) in [5.41, 5.74) is 4.01. The van der Waals surface area contributed by atoms with Crippen LogP contribution in [0, 0.1) is 0 Å². The summed E-state index contributed by atoms with van der Waals surface area (Å²) in [6, 6.07) is 16.5. The maximum atomic E-state index is 12.7. The summed E-state index contributed by atoms with van der Waals surface area (Å²) in [4.78, 5) is 31.4. The molecule has 3 aromatic rings. The zero-order chi connectivity index (χ0) is 21.3. The number of rotatable bonds is 9. The lowest BCUT2D eigenvalue weighted by Gasteiger charge is -2.23. The quantitative estimate of drug-likeness (QED) is 0.489. The highest BCUT2D eigenvalue weighted by molar-refractivity contribution is 7.14. The number of carbonyl (C=O) groups is 2. The fraction of sp³-hybridized carbons (Fsp3) is 0.227. The van der Waals surface area contributed by atoms with Gasteiger partial charge < -0.3 is 20.9 Å². The predicted octanol–water partition coefficient (Wildman–Crippen LogP) is 3.69. The Morgan fingerprint density at radius 2 is 1.73 bits per heavy atom. The monoisotopic (exact) mass is 423 g/mol. The second kappa shape index (κ2) is 10.5. The van der Waals surface area contributed by atoms with Gasteiger partial charge in [0.05, 0.1) is 5.51 Å². The fourth-order valence-corrected chi connectivity index (χ4v) is 3.60. The molecule has 0 spiro atoms. The molecule has 0 fully saturated rings. The van der Waals surface area contributed by atoms with Crippen LogP contribution in [0.15, 0.2) is 60.1 Å². The molecule has 0 bridgehead atoms. The topological polar surface area (TPSA) is 86.4 Å². The molecule has 30 heavy (non-hydrogen) atoms. The van der Waals surface area contributed by atoms with Crippen LogP contribution in [0.2, 0.25) is 0 Å². The zero-order valence-corrected chi connectivity index (χ0v) is 17.8. The molecule has 0 aliphatic rings. The number of hydrogen-bond donors (Lipinski definition) is 3. The Kier molecular flexibility index (Phi) is 7.53. The number of nitrogens with one attached hydrogen (secondary N) is 3. The number of aromatic nitrogens is 1. The standard InChI is InChI=1S/C22H25N5O2S/c1-3-27(14-13-23-2)18-11-9-17(10-12-18)25-21(29)19-22(30-15-24-19)26-20(28)16-7-5-4-6-8-16/h4-12,15,23H,3,13-14H2,1-2H3,(H,25,29)(H,26,28). The number of likely N-dealkylation sites (N-methyl/N-ethyl adjacent to an activating group) is 2. The van der Waals surface area contributed by atoms with E-state index in [4.69, 9.17) is 0 Å². The molecule has 0 aliphatic carbocycles. The van der Waals surface area contributed by atoms with Gasteiger partial charge in [-0.25, -0.2) is 4.98 Å². The minimum atomic E-state index is -0.366. The zero-order valence-electron chi connectivity index (χ0n) is 17.0. The normalized spacial score (nSPS) is 10.5. The lowest BCUT2D eigenvalue weighted by Crippen LogP contribution is -2.30. The van der Waals surface area contributed by atoms with Crippen molar-refractivity contribution in [3.05, 3.63) is 71.4 Å². The summed E-state index contributed by atoms with van der Waals surface area (Å²) < 4.78 is 0. The first-order valence-corrected chi connectivity index (χ1v) is 10.6. The van der Waals surface area contributed by atoms with E-state index in [0.717, 1.165) is 25.3 Å². The summed E-state index contributed by atoms with van der Waals surface area (Å²) in [5, 5.41) is 9.19. The third-order valence-electron chi connectivity index (χ3n) is 4.55. The lowest BCUT2D eigenvalue weighted by molar-refractivity contribution is 0.102. The minimum Gasteiger partial charge on any atom is -0.371 e. The first-order chi connectivity index (χ1) is 14.6. The van der Waals surface area contributed by atoms with Crippen molar-refractivity contribution in [2.75, 3.05) is 42.2 Å². The van der Waals surface area contributed by atoms with Gasteiger partial charge in [0, 0.05) is 36.6 Å². The molecule has 156 valence electrons. The number of thiazole rings is 1. The number of carbonyl (C=O) groups excluding carboxylic acids is 2.